The van der Waals surface area contributed by atoms with E-state index in [-0.39, 0.29) is 37.9 Å². The number of fused-ring (bicyclic) bond motifs is 4. The van der Waals surface area contributed by atoms with E-state index in [1.54, 1.807) is 29.2 Å². The minimum absolute atomic E-state index is 0.0445. The summed E-state index contributed by atoms with van der Waals surface area (Å²) in [5.74, 6) is -3.48. The van der Waals surface area contributed by atoms with Crippen molar-refractivity contribution in [3.05, 3.63) is 41.5 Å². The van der Waals surface area contributed by atoms with Crippen molar-refractivity contribution < 1.29 is 61.2 Å². The van der Waals surface area contributed by atoms with Crippen LogP contribution < -0.4 is 5.32 Å². The Labute approximate surface area is 318 Å². The quantitative estimate of drug-likeness (QED) is 0.132. The van der Waals surface area contributed by atoms with Gasteiger partial charge in [-0.3, -0.25) is 19.2 Å². The van der Waals surface area contributed by atoms with E-state index in [2.05, 4.69) is 23.9 Å². The molecule has 304 valence electrons. The number of aliphatic hydroxyl groups is 1. The van der Waals surface area contributed by atoms with Crippen molar-refractivity contribution in [2.24, 2.45) is 5.41 Å². The predicted molar refractivity (Wildman–Crippen MR) is 189 cm³/mol. The van der Waals surface area contributed by atoms with E-state index in [4.69, 9.17) is 19.0 Å². The van der Waals surface area contributed by atoms with Gasteiger partial charge in [-0.05, 0) is 42.9 Å². The molecule has 0 radical (unpaired) electrons. The van der Waals surface area contributed by atoms with Gasteiger partial charge in [0.25, 0.3) is 0 Å². The SMILES string of the molecule is CCCCCC1(CCCCC)O[C@@H]2[C@H]3ON(Cc4ccc(C=CC(=O)OCC(F)(F)F)cc4)[C@H]4C(=O)OC(CC34C(=O)N3CCC[C@@H]3C(=O)NCCO)[C@@H]2O1. The number of halogens is 3. The van der Waals surface area contributed by atoms with Gasteiger partial charge in [0, 0.05) is 38.4 Å². The van der Waals surface area contributed by atoms with E-state index in [1.807, 2.05) is 0 Å². The van der Waals surface area contributed by atoms with Crippen LogP contribution in [0.1, 0.15) is 95.6 Å². The Morgan fingerprint density at radius 3 is 2.38 bits per heavy atom. The molecule has 1 aliphatic carbocycles. The highest BCUT2D eigenvalue weighted by atomic mass is 19.4. The lowest BCUT2D eigenvalue weighted by Gasteiger charge is -2.50. The van der Waals surface area contributed by atoms with Crippen molar-refractivity contribution >= 4 is 29.8 Å². The topological polar surface area (TPSA) is 153 Å². The Bertz CT molecular complexity index is 1560. The Morgan fingerprint density at radius 2 is 1.73 bits per heavy atom. The van der Waals surface area contributed by atoms with Crippen LogP contribution in [0.2, 0.25) is 0 Å². The molecule has 4 saturated heterocycles. The molecule has 2 N–H and O–H groups in total. The van der Waals surface area contributed by atoms with Crippen LogP contribution in [-0.4, -0.2) is 114 Å². The molecule has 13 nitrogen and oxygen atoms in total. The van der Waals surface area contributed by atoms with Gasteiger partial charge >= 0.3 is 18.1 Å². The third-order valence-corrected chi connectivity index (χ3v) is 11.3. The number of carbonyl (C=O) groups excluding carboxylic acids is 4. The molecule has 6 rings (SSSR count). The molecule has 2 unspecified atom stereocenters. The maximum Gasteiger partial charge on any atom is 0.422 e. The number of hydrogen-bond donors (Lipinski definition) is 2. The summed E-state index contributed by atoms with van der Waals surface area (Å²) in [7, 11) is 0. The lowest BCUT2D eigenvalue weighted by atomic mass is 9.62. The number of ether oxygens (including phenoxy) is 4. The maximum absolute atomic E-state index is 15.1. The monoisotopic (exact) mass is 779 g/mol. The van der Waals surface area contributed by atoms with Crippen molar-refractivity contribution in [2.75, 3.05) is 26.3 Å². The van der Waals surface area contributed by atoms with Crippen LogP contribution in [0.25, 0.3) is 6.08 Å². The van der Waals surface area contributed by atoms with Gasteiger partial charge in [-0.25, -0.2) is 4.79 Å². The number of nitrogens with zero attached hydrogens (tertiary/aromatic N) is 2. The molecular weight excluding hydrogens is 727 g/mol. The summed E-state index contributed by atoms with van der Waals surface area (Å²) < 4.78 is 61.4. The fraction of sp³-hybridized carbons (Fsp3) is 0.692. The molecule has 16 heteroatoms. The van der Waals surface area contributed by atoms with Crippen molar-refractivity contribution in [1.82, 2.24) is 15.3 Å². The summed E-state index contributed by atoms with van der Waals surface area (Å²) >= 11 is 0. The van der Waals surface area contributed by atoms with Crippen LogP contribution in [0.15, 0.2) is 30.3 Å². The third-order valence-electron chi connectivity index (χ3n) is 11.3. The third kappa shape index (κ3) is 8.73. The summed E-state index contributed by atoms with van der Waals surface area (Å²) in [5, 5.41) is 13.5. The Morgan fingerprint density at radius 1 is 1.04 bits per heavy atom. The van der Waals surface area contributed by atoms with Crippen molar-refractivity contribution in [3.8, 4) is 0 Å². The largest absolute Gasteiger partial charge is 0.458 e. The number of aliphatic hydroxyl groups excluding tert-OH is 1. The molecule has 5 fully saturated rings. The second-order valence-electron chi connectivity index (χ2n) is 15.2. The summed E-state index contributed by atoms with van der Waals surface area (Å²) in [6, 6.07) is 4.75. The highest BCUT2D eigenvalue weighted by Crippen LogP contribution is 2.59. The number of amides is 2. The average Bonchev–Trinajstić information content (AvgIpc) is 3.88. The number of unbranched alkanes of at least 4 members (excludes halogenated alkanes) is 4. The van der Waals surface area contributed by atoms with Crippen LogP contribution >= 0.6 is 0 Å². The van der Waals surface area contributed by atoms with E-state index in [0.29, 0.717) is 43.4 Å². The first-order chi connectivity index (χ1) is 26.3. The number of hydrogen-bond acceptors (Lipinski definition) is 11. The van der Waals surface area contributed by atoms with Crippen molar-refractivity contribution in [3.63, 3.8) is 0 Å². The standard InChI is InChI=1S/C39H52F3N3O10/c1-3-5-7-17-37(18-8-6-4-2)53-30-28-22-38(36(50)44-20-9-10-27(44)34(48)43-19-21-46)32(35(49)52-28)45(55-33(38)31(30)54-37)23-26-13-11-25(12-14-26)15-16-29(47)51-24-39(40,41)42/h11-16,27-28,30-33,46H,3-10,17-24H2,1-2H3,(H,43,48)/t27-,28?,30+,31+,32+,33-,38?/m1/s1. The molecule has 55 heavy (non-hydrogen) atoms. The number of nitrogens with one attached hydrogen (secondary N) is 1. The fourth-order valence-corrected chi connectivity index (χ4v) is 8.80. The number of hydroxylamine groups is 2. The zero-order chi connectivity index (χ0) is 39.4. The number of benzene rings is 1. The van der Waals surface area contributed by atoms with Gasteiger partial charge in [0.1, 0.15) is 35.9 Å². The highest BCUT2D eigenvalue weighted by Gasteiger charge is 2.77. The van der Waals surface area contributed by atoms with Crippen LogP contribution in [0, 0.1) is 5.41 Å². The smallest absolute Gasteiger partial charge is 0.422 e. The first-order valence-corrected chi connectivity index (χ1v) is 19.5. The predicted octanol–water partition coefficient (Wildman–Crippen LogP) is 4.35. The van der Waals surface area contributed by atoms with Crippen molar-refractivity contribution in [2.45, 2.75) is 139 Å². The van der Waals surface area contributed by atoms with Gasteiger partial charge < -0.3 is 34.3 Å². The van der Waals surface area contributed by atoms with E-state index in [9.17, 15) is 32.7 Å². The number of esters is 2. The van der Waals surface area contributed by atoms with Gasteiger partial charge in [0.15, 0.2) is 18.4 Å². The van der Waals surface area contributed by atoms with Gasteiger partial charge in [0.2, 0.25) is 11.8 Å². The average molecular weight is 780 g/mol. The van der Waals surface area contributed by atoms with E-state index in [1.165, 1.54) is 11.1 Å². The summed E-state index contributed by atoms with van der Waals surface area (Å²) in [4.78, 5) is 62.6. The van der Waals surface area contributed by atoms with Crippen molar-refractivity contribution in [1.29, 1.82) is 0 Å². The lowest BCUT2D eigenvalue weighted by molar-refractivity contribution is -0.225. The van der Waals surface area contributed by atoms with Crippen LogP contribution in [0.5, 0.6) is 0 Å². The normalized spacial score (nSPS) is 29.7. The molecule has 5 aliphatic rings. The van der Waals surface area contributed by atoms with Gasteiger partial charge in [-0.1, -0.05) is 63.8 Å². The Hall–Kier alpha value is -3.57. The molecular formula is C39H52F3N3O10. The Kier molecular flexibility index (Phi) is 12.9. The lowest BCUT2D eigenvalue weighted by Crippen LogP contribution is -2.70. The number of likely N-dealkylation sites (tertiary alicyclic amines) is 1. The molecule has 1 saturated carbocycles. The molecule has 1 aromatic rings. The van der Waals surface area contributed by atoms with Crippen LogP contribution in [0.3, 0.4) is 0 Å². The van der Waals surface area contributed by atoms with Gasteiger partial charge in [0.05, 0.1) is 13.2 Å². The van der Waals surface area contributed by atoms with Crippen LogP contribution in [0.4, 0.5) is 13.2 Å². The molecule has 2 amide bonds. The minimum Gasteiger partial charge on any atom is -0.458 e. The summed E-state index contributed by atoms with van der Waals surface area (Å²) in [6.45, 7) is 2.70. The maximum atomic E-state index is 15.1. The van der Waals surface area contributed by atoms with Gasteiger partial charge in [-0.2, -0.15) is 18.2 Å². The van der Waals surface area contributed by atoms with E-state index in [0.717, 1.165) is 44.6 Å². The first kappa shape index (κ1) is 41.1. The zero-order valence-electron chi connectivity index (χ0n) is 31.4. The molecule has 4 heterocycles. The Balaban J connectivity index is 1.30. The minimum atomic E-state index is -4.63. The number of carbonyl (C=O) groups is 4. The summed E-state index contributed by atoms with van der Waals surface area (Å²) in [6.07, 6.45) is 2.57. The molecule has 7 atom stereocenters. The fourth-order valence-electron chi connectivity index (χ4n) is 8.80. The molecule has 1 aromatic carbocycles. The summed E-state index contributed by atoms with van der Waals surface area (Å²) in [5.41, 5.74) is -0.284. The second-order valence-corrected chi connectivity index (χ2v) is 15.2. The molecule has 2 bridgehead atoms. The van der Waals surface area contributed by atoms with Crippen LogP contribution in [-0.2, 0) is 49.5 Å². The molecule has 0 aromatic heterocycles. The first-order valence-electron chi connectivity index (χ1n) is 19.5. The van der Waals surface area contributed by atoms with E-state index < -0.39 is 72.4 Å². The molecule has 4 aliphatic heterocycles. The van der Waals surface area contributed by atoms with Gasteiger partial charge in [-0.15, -0.1) is 0 Å². The number of rotatable bonds is 17. The zero-order valence-corrected chi connectivity index (χ0v) is 31.4. The van der Waals surface area contributed by atoms with E-state index >= 15 is 4.79 Å². The molecule has 0 spiro atoms. The highest BCUT2D eigenvalue weighted by molar-refractivity contribution is 5.96. The number of alkyl halides is 3. The second kappa shape index (κ2) is 17.3.